The summed E-state index contributed by atoms with van der Waals surface area (Å²) in [5.74, 6) is -1.73. The van der Waals surface area contributed by atoms with E-state index in [0.29, 0.717) is 23.6 Å². The van der Waals surface area contributed by atoms with Crippen LogP contribution in [0.5, 0.6) is 6.01 Å². The molecule has 1 aliphatic rings. The predicted molar refractivity (Wildman–Crippen MR) is 189 cm³/mol. The summed E-state index contributed by atoms with van der Waals surface area (Å²) in [7, 11) is 0. The van der Waals surface area contributed by atoms with E-state index in [1.54, 1.807) is 12.1 Å². The lowest BCUT2D eigenvalue weighted by Crippen LogP contribution is -2.40. The Labute approximate surface area is 292 Å². The minimum atomic E-state index is -4.60. The monoisotopic (exact) mass is 710 g/mol. The zero-order chi connectivity index (χ0) is 37.0. The summed E-state index contributed by atoms with van der Waals surface area (Å²) in [5.41, 5.74) is 1.06. The number of carbonyl (C=O) groups is 2. The van der Waals surface area contributed by atoms with Crippen LogP contribution in [-0.2, 0) is 10.3 Å². The number of anilines is 3. The third kappa shape index (κ3) is 15.3. The van der Waals surface area contributed by atoms with Crippen LogP contribution in [-0.4, -0.2) is 50.8 Å². The third-order valence-corrected chi connectivity index (χ3v) is 6.83. The number of aliphatic carboxylic acids is 1. The number of hydrogen-bond acceptors (Lipinski definition) is 8. The van der Waals surface area contributed by atoms with Gasteiger partial charge in [0.15, 0.2) is 6.61 Å². The van der Waals surface area contributed by atoms with Crippen LogP contribution in [0.15, 0.2) is 48.5 Å². The van der Waals surface area contributed by atoms with Crippen molar-refractivity contribution in [2.45, 2.75) is 111 Å². The number of hydrogen-bond donors (Lipinski definition) is 4. The fourth-order valence-corrected chi connectivity index (χ4v) is 4.33. The number of nitrogens with one attached hydrogen (secondary N) is 3. The number of ether oxygens (including phenoxy) is 1. The van der Waals surface area contributed by atoms with Crippen molar-refractivity contribution in [3.8, 4) is 6.01 Å². The van der Waals surface area contributed by atoms with Gasteiger partial charge in [0.05, 0.1) is 5.54 Å². The predicted octanol–water partition coefficient (Wildman–Crippen LogP) is 9.54. The lowest BCUT2D eigenvalue weighted by molar-refractivity contribution is -0.154. The molecule has 1 aliphatic carbocycles. The van der Waals surface area contributed by atoms with Crippen molar-refractivity contribution in [1.29, 1.82) is 0 Å². The molecule has 0 saturated heterocycles. The SMILES string of the molecule is CC.CC.CCC.CCCCC[C@H](NC(=O)c1ccc(Nc2nc(NC3(c4ccc(Cl)cc4)CC3)nc(OCC(F)(F)F)n2)cc1)C(=O)O. The van der Waals surface area contributed by atoms with E-state index < -0.39 is 42.3 Å². The summed E-state index contributed by atoms with van der Waals surface area (Å²) in [4.78, 5) is 36.5. The van der Waals surface area contributed by atoms with Gasteiger partial charge in [0, 0.05) is 16.3 Å². The fourth-order valence-electron chi connectivity index (χ4n) is 4.20. The van der Waals surface area contributed by atoms with Crippen LogP contribution in [0.25, 0.3) is 0 Å². The number of rotatable bonds is 14. The van der Waals surface area contributed by atoms with Crippen molar-refractivity contribution in [3.05, 3.63) is 64.7 Å². The molecule has 10 nitrogen and oxygen atoms in total. The van der Waals surface area contributed by atoms with Crippen molar-refractivity contribution in [3.63, 3.8) is 0 Å². The second kappa shape index (κ2) is 21.8. The number of carboxylic acids is 1. The molecule has 1 fully saturated rings. The first-order valence-corrected chi connectivity index (χ1v) is 17.2. The fraction of sp³-hybridized carbons (Fsp3) is 0.514. The summed E-state index contributed by atoms with van der Waals surface area (Å²) in [6.45, 7) is 12.7. The zero-order valence-corrected chi connectivity index (χ0v) is 30.1. The lowest BCUT2D eigenvalue weighted by atomic mass is 10.1. The Bertz CT molecular complexity index is 1410. The van der Waals surface area contributed by atoms with Crippen LogP contribution in [0.3, 0.4) is 0 Å². The summed E-state index contributed by atoms with van der Waals surface area (Å²) in [5, 5.41) is 18.6. The maximum absolute atomic E-state index is 12.8. The van der Waals surface area contributed by atoms with E-state index in [1.165, 1.54) is 30.7 Å². The van der Waals surface area contributed by atoms with E-state index in [-0.39, 0.29) is 17.5 Å². The highest BCUT2D eigenvalue weighted by molar-refractivity contribution is 6.30. The molecule has 0 spiro atoms. The quantitative estimate of drug-likeness (QED) is 0.121. The largest absolute Gasteiger partial charge is 0.480 e. The zero-order valence-electron chi connectivity index (χ0n) is 29.4. The Kier molecular flexibility index (Phi) is 19.0. The van der Waals surface area contributed by atoms with Crippen LogP contribution < -0.4 is 20.7 Å². The topological polar surface area (TPSA) is 138 Å². The number of alkyl halides is 3. The summed E-state index contributed by atoms with van der Waals surface area (Å²) in [6.07, 6.45) is 0.920. The van der Waals surface area contributed by atoms with Gasteiger partial charge in [0.2, 0.25) is 11.9 Å². The molecule has 14 heteroatoms. The maximum atomic E-state index is 12.8. The van der Waals surface area contributed by atoms with Gasteiger partial charge in [-0.1, -0.05) is 97.9 Å². The average Bonchev–Trinajstić information content (AvgIpc) is 3.86. The highest BCUT2D eigenvalue weighted by Gasteiger charge is 2.45. The number of nitrogens with zero attached hydrogens (tertiary/aromatic N) is 3. The molecule has 49 heavy (non-hydrogen) atoms. The van der Waals surface area contributed by atoms with Gasteiger partial charge in [-0.05, 0) is 61.2 Å². The number of halogens is 4. The minimum absolute atomic E-state index is 0.0101. The number of unbranched alkanes of at least 4 members (excludes halogenated alkanes) is 2. The molecule has 0 aliphatic heterocycles. The molecule has 0 unspecified atom stereocenters. The van der Waals surface area contributed by atoms with Crippen molar-refractivity contribution < 1.29 is 32.6 Å². The molecule has 4 rings (SSSR count). The van der Waals surface area contributed by atoms with Crippen LogP contribution in [0.1, 0.15) is 109 Å². The van der Waals surface area contributed by atoms with Gasteiger partial charge in [-0.25, -0.2) is 4.79 Å². The Morgan fingerprint density at radius 1 is 0.918 bits per heavy atom. The highest BCUT2D eigenvalue weighted by atomic mass is 35.5. The van der Waals surface area contributed by atoms with E-state index in [0.717, 1.165) is 31.2 Å². The van der Waals surface area contributed by atoms with Crippen LogP contribution in [0.2, 0.25) is 5.02 Å². The van der Waals surface area contributed by atoms with Gasteiger partial charge < -0.3 is 25.8 Å². The maximum Gasteiger partial charge on any atom is 0.422 e. The van der Waals surface area contributed by atoms with Gasteiger partial charge in [0.1, 0.15) is 6.04 Å². The molecule has 4 N–H and O–H groups in total. The molecule has 1 saturated carbocycles. The molecule has 0 radical (unpaired) electrons. The van der Waals surface area contributed by atoms with Crippen molar-refractivity contribution >= 4 is 41.1 Å². The van der Waals surface area contributed by atoms with E-state index in [1.807, 2.05) is 46.8 Å². The van der Waals surface area contributed by atoms with E-state index in [9.17, 15) is 27.9 Å². The van der Waals surface area contributed by atoms with Crippen LogP contribution in [0, 0.1) is 0 Å². The van der Waals surface area contributed by atoms with Gasteiger partial charge in [-0.15, -0.1) is 0 Å². The first kappa shape index (κ1) is 42.9. The normalized spacial score (nSPS) is 13.0. The van der Waals surface area contributed by atoms with E-state index >= 15 is 0 Å². The van der Waals surface area contributed by atoms with Crippen molar-refractivity contribution in [2.75, 3.05) is 17.2 Å². The van der Waals surface area contributed by atoms with Gasteiger partial charge >= 0.3 is 18.2 Å². The molecule has 272 valence electrons. The molecular formula is C35H50ClF3N6O4. The molecule has 1 amide bonds. The first-order chi connectivity index (χ1) is 23.4. The molecule has 1 aromatic heterocycles. The highest BCUT2D eigenvalue weighted by Crippen LogP contribution is 2.48. The van der Waals surface area contributed by atoms with Crippen LogP contribution in [0.4, 0.5) is 30.8 Å². The van der Waals surface area contributed by atoms with E-state index in [2.05, 4.69) is 44.7 Å². The number of amides is 1. The summed E-state index contributed by atoms with van der Waals surface area (Å²) in [6, 6.07) is 11.7. The molecule has 3 aromatic rings. The smallest absolute Gasteiger partial charge is 0.422 e. The number of carbonyl (C=O) groups excluding carboxylic acids is 1. The van der Waals surface area contributed by atoms with Crippen LogP contribution >= 0.6 is 11.6 Å². The van der Waals surface area contributed by atoms with Crippen molar-refractivity contribution in [2.24, 2.45) is 0 Å². The van der Waals surface area contributed by atoms with Gasteiger partial charge in [-0.2, -0.15) is 28.1 Å². The average molecular weight is 711 g/mol. The van der Waals surface area contributed by atoms with Crippen molar-refractivity contribution in [1.82, 2.24) is 20.3 Å². The standard InChI is InChI=1S/C28H30ClF3N6O4.C3H8.2C2H6/c1-2-3-4-5-21(23(40)41)34-22(39)17-6-12-20(13-7-17)33-24-35-25(37-26(36-24)42-16-28(30,31)32)38-27(14-15-27)18-8-10-19(29)11-9-18;1-3-2;2*1-2/h6-13,21H,2-5,14-16H2,1H3,(H,34,39)(H,40,41)(H2,33,35,36,37,38);3H2,1-2H3;2*1-2H3/t21-;;;/m0.../s1. The molecule has 0 bridgehead atoms. The number of carboxylic acid groups (broad SMARTS) is 1. The molecular weight excluding hydrogens is 661 g/mol. The molecule has 1 heterocycles. The second-order valence-corrected chi connectivity index (χ2v) is 11.1. The van der Waals surface area contributed by atoms with E-state index in [4.69, 9.17) is 16.3 Å². The Balaban J connectivity index is 0.00000160. The molecule has 2 aromatic carbocycles. The summed E-state index contributed by atoms with van der Waals surface area (Å²) >= 11 is 6.00. The van der Waals surface area contributed by atoms with Gasteiger partial charge in [0.25, 0.3) is 5.91 Å². The Hall–Kier alpha value is -4.13. The summed E-state index contributed by atoms with van der Waals surface area (Å²) < 4.78 is 43.3. The minimum Gasteiger partial charge on any atom is -0.480 e. The lowest BCUT2D eigenvalue weighted by Gasteiger charge is -2.19. The Morgan fingerprint density at radius 2 is 1.49 bits per heavy atom. The number of benzene rings is 2. The first-order valence-electron chi connectivity index (χ1n) is 16.8. The third-order valence-electron chi connectivity index (χ3n) is 6.58. The van der Waals surface area contributed by atoms with Gasteiger partial charge in [-0.3, -0.25) is 4.79 Å². The second-order valence-electron chi connectivity index (χ2n) is 10.7. The Morgan fingerprint density at radius 3 is 2.00 bits per heavy atom. The number of aromatic nitrogens is 3. The molecule has 1 atom stereocenters.